The number of anilines is 1. The van der Waals surface area contributed by atoms with E-state index in [2.05, 4.69) is 26.3 Å². The lowest BCUT2D eigenvalue weighted by Gasteiger charge is -2.05. The van der Waals surface area contributed by atoms with Gasteiger partial charge in [0.25, 0.3) is 5.91 Å². The molecule has 0 fully saturated rings. The van der Waals surface area contributed by atoms with Crippen molar-refractivity contribution in [1.82, 2.24) is 9.78 Å². The quantitative estimate of drug-likeness (QED) is 0.942. The number of carbonyl (C=O) groups is 1. The van der Waals surface area contributed by atoms with Crippen molar-refractivity contribution in [1.29, 1.82) is 0 Å². The summed E-state index contributed by atoms with van der Waals surface area (Å²) >= 11 is 3.06. The Morgan fingerprint density at radius 2 is 2.26 bits per heavy atom. The van der Waals surface area contributed by atoms with Crippen molar-refractivity contribution in [2.45, 2.75) is 13.3 Å². The molecule has 0 spiro atoms. The lowest BCUT2D eigenvalue weighted by atomic mass is 10.2. The maximum Gasteiger partial charge on any atom is 0.255 e. The summed E-state index contributed by atoms with van der Waals surface area (Å²) in [5, 5.41) is 7.02. The molecule has 0 saturated heterocycles. The van der Waals surface area contributed by atoms with Crippen LogP contribution < -0.4 is 5.32 Å². The summed E-state index contributed by atoms with van der Waals surface area (Å²) in [6, 6.07) is 4.15. The number of nitrogens with zero attached hydrogens (tertiary/aromatic N) is 2. The van der Waals surface area contributed by atoms with E-state index in [1.165, 1.54) is 18.2 Å². The summed E-state index contributed by atoms with van der Waals surface area (Å²) in [6.07, 6.45) is 2.47. The van der Waals surface area contributed by atoms with Gasteiger partial charge >= 0.3 is 0 Å². The molecule has 100 valence electrons. The van der Waals surface area contributed by atoms with Crippen molar-refractivity contribution < 1.29 is 9.18 Å². The van der Waals surface area contributed by atoms with Crippen LogP contribution in [0.1, 0.15) is 23.0 Å². The fraction of sp³-hybridized carbons (Fsp3) is 0.231. The van der Waals surface area contributed by atoms with Crippen LogP contribution >= 0.6 is 15.9 Å². The van der Waals surface area contributed by atoms with E-state index in [9.17, 15) is 9.18 Å². The Morgan fingerprint density at radius 3 is 2.89 bits per heavy atom. The van der Waals surface area contributed by atoms with Crippen molar-refractivity contribution >= 4 is 27.5 Å². The van der Waals surface area contributed by atoms with Crippen molar-refractivity contribution in [2.75, 3.05) is 5.32 Å². The maximum atomic E-state index is 13.1. The van der Waals surface area contributed by atoms with Crippen LogP contribution in [0.25, 0.3) is 0 Å². The fourth-order valence-electron chi connectivity index (χ4n) is 1.73. The molecule has 0 aliphatic carbocycles. The first-order valence-electron chi connectivity index (χ1n) is 5.80. The third kappa shape index (κ3) is 3.01. The number of benzene rings is 1. The molecule has 0 unspecified atom stereocenters. The normalized spacial score (nSPS) is 10.5. The highest BCUT2D eigenvalue weighted by Crippen LogP contribution is 2.19. The van der Waals surface area contributed by atoms with Gasteiger partial charge in [-0.15, -0.1) is 0 Å². The molecular formula is C13H13BrFN3O. The largest absolute Gasteiger partial charge is 0.319 e. The van der Waals surface area contributed by atoms with Crippen molar-refractivity contribution in [2.24, 2.45) is 7.05 Å². The number of nitrogens with one attached hydrogen (secondary N) is 1. The van der Waals surface area contributed by atoms with Crippen LogP contribution in [0.4, 0.5) is 10.1 Å². The van der Waals surface area contributed by atoms with Crippen LogP contribution in [0, 0.1) is 5.82 Å². The minimum Gasteiger partial charge on any atom is -0.319 e. The first-order chi connectivity index (χ1) is 9.01. The van der Waals surface area contributed by atoms with Crippen molar-refractivity contribution in [3.05, 3.63) is 45.9 Å². The third-order valence-corrected chi connectivity index (χ3v) is 3.28. The van der Waals surface area contributed by atoms with Gasteiger partial charge in [-0.2, -0.15) is 5.10 Å². The summed E-state index contributed by atoms with van der Waals surface area (Å²) in [5.74, 6) is -0.685. The standard InChI is InChI=1S/C13H13BrFN3O/c1-3-11-12(7-18(2)17-11)16-13(19)8-4-5-10(15)9(14)6-8/h4-7H,3H2,1-2H3,(H,16,19). The second-order valence-electron chi connectivity index (χ2n) is 4.10. The molecule has 4 nitrogen and oxygen atoms in total. The highest BCUT2D eigenvalue weighted by atomic mass is 79.9. The van der Waals surface area contributed by atoms with Crippen molar-refractivity contribution in [3.63, 3.8) is 0 Å². The molecule has 1 aromatic carbocycles. The fourth-order valence-corrected chi connectivity index (χ4v) is 2.11. The molecule has 0 atom stereocenters. The Morgan fingerprint density at radius 1 is 1.53 bits per heavy atom. The van der Waals surface area contributed by atoms with Gasteiger partial charge in [-0.3, -0.25) is 9.48 Å². The van der Waals surface area contributed by atoms with Crippen LogP contribution in [0.15, 0.2) is 28.9 Å². The van der Waals surface area contributed by atoms with Gasteiger partial charge in [0.2, 0.25) is 0 Å². The first kappa shape index (κ1) is 13.7. The number of hydrogen-bond donors (Lipinski definition) is 1. The van der Waals surface area contributed by atoms with Gasteiger partial charge in [0, 0.05) is 18.8 Å². The van der Waals surface area contributed by atoms with E-state index < -0.39 is 5.82 Å². The number of amides is 1. The molecule has 2 rings (SSSR count). The Hall–Kier alpha value is -1.69. The molecule has 1 amide bonds. The number of carbonyl (C=O) groups excluding carboxylic acids is 1. The number of aryl methyl sites for hydroxylation is 2. The zero-order valence-corrected chi connectivity index (χ0v) is 12.2. The molecular weight excluding hydrogens is 313 g/mol. The molecule has 1 heterocycles. The molecule has 0 saturated carbocycles. The molecule has 6 heteroatoms. The molecule has 0 radical (unpaired) electrons. The Balaban J connectivity index is 2.22. The van der Waals surface area contributed by atoms with Crippen LogP contribution in [-0.4, -0.2) is 15.7 Å². The number of hydrogen-bond acceptors (Lipinski definition) is 2. The number of rotatable bonds is 3. The molecule has 0 bridgehead atoms. The van der Waals surface area contributed by atoms with E-state index in [0.29, 0.717) is 11.3 Å². The molecule has 1 N–H and O–H groups in total. The van der Waals surface area contributed by atoms with E-state index in [4.69, 9.17) is 0 Å². The zero-order chi connectivity index (χ0) is 14.0. The van der Waals surface area contributed by atoms with E-state index in [-0.39, 0.29) is 10.4 Å². The van der Waals surface area contributed by atoms with Gasteiger partial charge in [-0.05, 0) is 40.5 Å². The second kappa shape index (κ2) is 5.52. The maximum absolute atomic E-state index is 13.1. The van der Waals surface area contributed by atoms with Gasteiger partial charge in [-0.25, -0.2) is 4.39 Å². The Bertz CT molecular complexity index is 624. The molecule has 2 aromatic rings. The monoisotopic (exact) mass is 325 g/mol. The summed E-state index contributed by atoms with van der Waals surface area (Å²) in [4.78, 5) is 12.1. The average molecular weight is 326 g/mol. The predicted molar refractivity (Wildman–Crippen MR) is 74.6 cm³/mol. The van der Waals surface area contributed by atoms with Crippen LogP contribution in [-0.2, 0) is 13.5 Å². The van der Waals surface area contributed by atoms with Crippen LogP contribution in [0.3, 0.4) is 0 Å². The minimum absolute atomic E-state index is 0.266. The predicted octanol–water partition coefficient (Wildman–Crippen LogP) is 3.14. The summed E-state index contributed by atoms with van der Waals surface area (Å²) in [6.45, 7) is 1.96. The molecule has 0 aliphatic rings. The number of halogens is 2. The minimum atomic E-state index is -0.396. The summed E-state index contributed by atoms with van der Waals surface area (Å²) in [5.41, 5.74) is 1.88. The molecule has 1 aromatic heterocycles. The van der Waals surface area contributed by atoms with Crippen LogP contribution in [0.5, 0.6) is 0 Å². The van der Waals surface area contributed by atoms with Gasteiger partial charge in [0.15, 0.2) is 0 Å². The Labute approximate surface area is 118 Å². The summed E-state index contributed by atoms with van der Waals surface area (Å²) < 4.78 is 15.0. The summed E-state index contributed by atoms with van der Waals surface area (Å²) in [7, 11) is 1.79. The smallest absolute Gasteiger partial charge is 0.255 e. The van der Waals surface area contributed by atoms with Gasteiger partial charge in [0.1, 0.15) is 5.82 Å². The topological polar surface area (TPSA) is 46.9 Å². The zero-order valence-electron chi connectivity index (χ0n) is 10.6. The Kier molecular flexibility index (Phi) is 3.99. The lowest BCUT2D eigenvalue weighted by molar-refractivity contribution is 0.102. The average Bonchev–Trinajstić information content (AvgIpc) is 2.72. The first-order valence-corrected chi connectivity index (χ1v) is 6.59. The van der Waals surface area contributed by atoms with E-state index in [1.54, 1.807) is 17.9 Å². The SMILES string of the molecule is CCc1nn(C)cc1NC(=O)c1ccc(F)c(Br)c1. The van der Waals surface area contributed by atoms with Crippen LogP contribution in [0.2, 0.25) is 0 Å². The second-order valence-corrected chi connectivity index (χ2v) is 4.95. The van der Waals surface area contributed by atoms with Crippen molar-refractivity contribution in [3.8, 4) is 0 Å². The lowest BCUT2D eigenvalue weighted by Crippen LogP contribution is -2.12. The number of aromatic nitrogens is 2. The van der Waals surface area contributed by atoms with E-state index in [1.807, 2.05) is 6.92 Å². The van der Waals surface area contributed by atoms with E-state index in [0.717, 1.165) is 12.1 Å². The highest BCUT2D eigenvalue weighted by molar-refractivity contribution is 9.10. The molecule has 0 aliphatic heterocycles. The third-order valence-electron chi connectivity index (χ3n) is 2.67. The van der Waals surface area contributed by atoms with Gasteiger partial charge < -0.3 is 5.32 Å². The highest BCUT2D eigenvalue weighted by Gasteiger charge is 2.12. The van der Waals surface area contributed by atoms with Gasteiger partial charge in [0.05, 0.1) is 15.9 Å². The van der Waals surface area contributed by atoms with Gasteiger partial charge in [-0.1, -0.05) is 6.92 Å². The molecule has 19 heavy (non-hydrogen) atoms. The van der Waals surface area contributed by atoms with E-state index >= 15 is 0 Å².